The predicted molar refractivity (Wildman–Crippen MR) is 109 cm³/mol. The van der Waals surface area contributed by atoms with Gasteiger partial charge in [-0.05, 0) is 32.0 Å². The number of carbonyl (C=O) groups excluding carboxylic acids is 1. The summed E-state index contributed by atoms with van der Waals surface area (Å²) in [5, 5.41) is 5.48. The van der Waals surface area contributed by atoms with Crippen molar-refractivity contribution in [3.05, 3.63) is 64.6 Å². The SMILES string of the molecule is COc1ccc2c(c1)OC(C)(C)CN(C(=O)Cn1ncc3ccccc3c1=O)C2. The van der Waals surface area contributed by atoms with Crippen LogP contribution in [0.4, 0.5) is 0 Å². The Kier molecular flexibility index (Phi) is 4.74. The van der Waals surface area contributed by atoms with Crippen molar-refractivity contribution < 1.29 is 14.3 Å². The van der Waals surface area contributed by atoms with E-state index >= 15 is 0 Å². The first-order valence-corrected chi connectivity index (χ1v) is 9.45. The van der Waals surface area contributed by atoms with Crippen molar-refractivity contribution in [2.75, 3.05) is 13.7 Å². The molecule has 1 aliphatic rings. The molecular formula is C22H23N3O4. The number of carbonyl (C=O) groups is 1. The molecule has 0 aliphatic carbocycles. The maximum Gasteiger partial charge on any atom is 0.275 e. The van der Waals surface area contributed by atoms with E-state index in [0.717, 1.165) is 10.9 Å². The minimum atomic E-state index is -0.588. The summed E-state index contributed by atoms with van der Waals surface area (Å²) in [6.07, 6.45) is 1.61. The Morgan fingerprint density at radius 2 is 2.03 bits per heavy atom. The van der Waals surface area contributed by atoms with Crippen LogP contribution >= 0.6 is 0 Å². The molecule has 1 aromatic heterocycles. The summed E-state index contributed by atoms with van der Waals surface area (Å²) in [6, 6.07) is 12.8. The lowest BCUT2D eigenvalue weighted by Gasteiger charge is -2.29. The predicted octanol–water partition coefficient (Wildman–Crippen LogP) is 2.60. The van der Waals surface area contributed by atoms with Crippen LogP contribution in [0.25, 0.3) is 10.8 Å². The van der Waals surface area contributed by atoms with Crippen molar-refractivity contribution in [2.24, 2.45) is 0 Å². The third kappa shape index (κ3) is 3.81. The highest BCUT2D eigenvalue weighted by Crippen LogP contribution is 2.32. The van der Waals surface area contributed by atoms with Crippen molar-refractivity contribution in [1.82, 2.24) is 14.7 Å². The van der Waals surface area contributed by atoms with Gasteiger partial charge in [0.15, 0.2) is 0 Å². The first kappa shape index (κ1) is 19.0. The van der Waals surface area contributed by atoms with E-state index < -0.39 is 5.60 Å². The van der Waals surface area contributed by atoms with Gasteiger partial charge in [-0.25, -0.2) is 4.68 Å². The van der Waals surface area contributed by atoms with Gasteiger partial charge < -0.3 is 14.4 Å². The van der Waals surface area contributed by atoms with Crippen LogP contribution in [0.2, 0.25) is 0 Å². The van der Waals surface area contributed by atoms with Gasteiger partial charge in [0.05, 0.1) is 25.2 Å². The van der Waals surface area contributed by atoms with Crippen LogP contribution in [0.1, 0.15) is 19.4 Å². The molecule has 0 spiro atoms. The second-order valence-electron chi connectivity index (χ2n) is 7.78. The van der Waals surface area contributed by atoms with Crippen molar-refractivity contribution in [3.8, 4) is 11.5 Å². The number of fused-ring (bicyclic) bond motifs is 2. The number of benzene rings is 2. The molecule has 0 radical (unpaired) electrons. The molecule has 2 aromatic carbocycles. The van der Waals surface area contributed by atoms with Crippen molar-refractivity contribution in [3.63, 3.8) is 0 Å². The van der Waals surface area contributed by atoms with Crippen LogP contribution in [0.3, 0.4) is 0 Å². The number of aromatic nitrogens is 2. The molecule has 0 N–H and O–H groups in total. The Morgan fingerprint density at radius 1 is 1.24 bits per heavy atom. The van der Waals surface area contributed by atoms with Crippen LogP contribution in [0.15, 0.2) is 53.5 Å². The fraction of sp³-hybridized carbons (Fsp3) is 0.318. The van der Waals surface area contributed by atoms with Crippen LogP contribution < -0.4 is 15.0 Å². The quantitative estimate of drug-likeness (QED) is 0.684. The van der Waals surface area contributed by atoms with E-state index in [1.54, 1.807) is 30.3 Å². The van der Waals surface area contributed by atoms with Crippen LogP contribution in [0.5, 0.6) is 11.5 Å². The van der Waals surface area contributed by atoms with E-state index in [2.05, 4.69) is 5.10 Å². The Hall–Kier alpha value is -3.35. The van der Waals surface area contributed by atoms with Crippen LogP contribution in [-0.4, -0.2) is 39.8 Å². The first-order valence-electron chi connectivity index (χ1n) is 9.45. The number of rotatable bonds is 3. The van der Waals surface area contributed by atoms with Gasteiger partial charge >= 0.3 is 0 Å². The number of methoxy groups -OCH3 is 1. The minimum absolute atomic E-state index is 0.120. The van der Waals surface area contributed by atoms with Gasteiger partial charge in [0.25, 0.3) is 5.56 Å². The van der Waals surface area contributed by atoms with E-state index in [9.17, 15) is 9.59 Å². The van der Waals surface area contributed by atoms with Gasteiger partial charge in [0, 0.05) is 23.6 Å². The summed E-state index contributed by atoms with van der Waals surface area (Å²) >= 11 is 0. The van der Waals surface area contributed by atoms with E-state index in [1.165, 1.54) is 4.68 Å². The van der Waals surface area contributed by atoms with Crippen molar-refractivity contribution in [1.29, 1.82) is 0 Å². The van der Waals surface area contributed by atoms with Crippen LogP contribution in [-0.2, 0) is 17.9 Å². The minimum Gasteiger partial charge on any atom is -0.497 e. The lowest BCUT2D eigenvalue weighted by atomic mass is 10.1. The van der Waals surface area contributed by atoms with E-state index in [4.69, 9.17) is 9.47 Å². The van der Waals surface area contributed by atoms with Gasteiger partial charge in [0.1, 0.15) is 23.6 Å². The zero-order chi connectivity index (χ0) is 20.6. The third-order valence-corrected chi connectivity index (χ3v) is 4.99. The summed E-state index contributed by atoms with van der Waals surface area (Å²) in [5.41, 5.74) is 0.0326. The number of amides is 1. The Morgan fingerprint density at radius 3 is 2.83 bits per heavy atom. The molecule has 0 saturated heterocycles. The van der Waals surface area contributed by atoms with Gasteiger partial charge in [0.2, 0.25) is 5.91 Å². The monoisotopic (exact) mass is 393 g/mol. The average Bonchev–Trinajstić information content (AvgIpc) is 2.84. The van der Waals surface area contributed by atoms with E-state index in [0.29, 0.717) is 30.0 Å². The van der Waals surface area contributed by atoms with Gasteiger partial charge in [-0.3, -0.25) is 9.59 Å². The van der Waals surface area contributed by atoms with E-state index in [-0.39, 0.29) is 18.0 Å². The number of nitrogens with zero attached hydrogens (tertiary/aromatic N) is 3. The molecule has 0 bridgehead atoms. The topological polar surface area (TPSA) is 73.7 Å². The first-order chi connectivity index (χ1) is 13.9. The number of hydrogen-bond acceptors (Lipinski definition) is 5. The van der Waals surface area contributed by atoms with E-state index in [1.807, 2.05) is 44.2 Å². The summed E-state index contributed by atoms with van der Waals surface area (Å²) in [5.74, 6) is 1.21. The summed E-state index contributed by atoms with van der Waals surface area (Å²) < 4.78 is 12.6. The number of ether oxygens (including phenoxy) is 2. The smallest absolute Gasteiger partial charge is 0.275 e. The van der Waals surface area contributed by atoms with Gasteiger partial charge in [-0.2, -0.15) is 5.10 Å². The molecule has 0 atom stereocenters. The molecule has 0 unspecified atom stereocenters. The highest BCUT2D eigenvalue weighted by molar-refractivity contribution is 5.81. The van der Waals surface area contributed by atoms with Crippen molar-refractivity contribution >= 4 is 16.7 Å². The summed E-state index contributed by atoms with van der Waals surface area (Å²) in [6.45, 7) is 4.53. The second-order valence-corrected chi connectivity index (χ2v) is 7.78. The second kappa shape index (κ2) is 7.24. The molecule has 0 saturated carbocycles. The fourth-order valence-corrected chi connectivity index (χ4v) is 3.58. The largest absolute Gasteiger partial charge is 0.497 e. The Labute approximate surface area is 168 Å². The normalized spacial score (nSPS) is 15.3. The molecule has 1 aliphatic heterocycles. The molecule has 7 nitrogen and oxygen atoms in total. The highest BCUT2D eigenvalue weighted by Gasteiger charge is 2.32. The lowest BCUT2D eigenvalue weighted by Crippen LogP contribution is -2.45. The highest BCUT2D eigenvalue weighted by atomic mass is 16.5. The fourth-order valence-electron chi connectivity index (χ4n) is 3.58. The average molecular weight is 393 g/mol. The molecule has 4 rings (SSSR count). The Balaban J connectivity index is 1.62. The standard InChI is InChI=1S/C22H23N3O4/c1-22(2)14-24(12-16-8-9-17(28-3)10-19(16)29-22)20(26)13-25-21(27)18-7-5-4-6-15(18)11-23-25/h4-11H,12-14H2,1-3H3. The summed E-state index contributed by atoms with van der Waals surface area (Å²) in [4.78, 5) is 27.5. The zero-order valence-corrected chi connectivity index (χ0v) is 16.7. The maximum absolute atomic E-state index is 13.1. The van der Waals surface area contributed by atoms with Gasteiger partial charge in [-0.1, -0.05) is 18.2 Å². The molecule has 2 heterocycles. The molecule has 7 heteroatoms. The molecule has 3 aromatic rings. The lowest BCUT2D eigenvalue weighted by molar-refractivity contribution is -0.134. The molecule has 0 fully saturated rings. The third-order valence-electron chi connectivity index (χ3n) is 4.99. The molecule has 150 valence electrons. The maximum atomic E-state index is 13.1. The zero-order valence-electron chi connectivity index (χ0n) is 16.7. The molecule has 29 heavy (non-hydrogen) atoms. The van der Waals surface area contributed by atoms with Crippen molar-refractivity contribution in [2.45, 2.75) is 32.5 Å². The molecular weight excluding hydrogens is 370 g/mol. The van der Waals surface area contributed by atoms with Crippen LogP contribution in [0, 0.1) is 0 Å². The van der Waals surface area contributed by atoms with Gasteiger partial charge in [-0.15, -0.1) is 0 Å². The Bertz CT molecular complexity index is 1140. The molecule has 1 amide bonds. The summed E-state index contributed by atoms with van der Waals surface area (Å²) in [7, 11) is 1.60. The number of hydrogen-bond donors (Lipinski definition) is 0.